The molecule has 0 bridgehead atoms. The number of ether oxygens (including phenoxy) is 1. The Morgan fingerprint density at radius 1 is 1.28 bits per heavy atom. The fraction of sp³-hybridized carbons (Fsp3) is 0.417. The van der Waals surface area contributed by atoms with Gasteiger partial charge in [-0.2, -0.15) is 0 Å². The van der Waals surface area contributed by atoms with Gasteiger partial charge in [-0.25, -0.2) is 13.1 Å². The van der Waals surface area contributed by atoms with Gasteiger partial charge in [0, 0.05) is 6.92 Å². The Bertz CT molecular complexity index is 508. The first-order valence-electron chi connectivity index (χ1n) is 5.47. The maximum Gasteiger partial charge on any atom is 0.303 e. The third-order valence-electron chi connectivity index (χ3n) is 2.16. The van der Waals surface area contributed by atoms with Crippen LogP contribution in [0, 0.1) is 0 Å². The SMILES string of the molecule is CC(=O)OC(C)(C)CNS(=O)(=O)c1ccccc1. The molecule has 0 aromatic heterocycles. The predicted molar refractivity (Wildman–Crippen MR) is 67.5 cm³/mol. The Labute approximate surface area is 107 Å². The molecule has 100 valence electrons. The summed E-state index contributed by atoms with van der Waals surface area (Å²) in [5.74, 6) is -0.445. The van der Waals surface area contributed by atoms with Crippen molar-refractivity contribution < 1.29 is 17.9 Å². The zero-order valence-corrected chi connectivity index (χ0v) is 11.5. The summed E-state index contributed by atoms with van der Waals surface area (Å²) in [5, 5.41) is 0. The molecule has 18 heavy (non-hydrogen) atoms. The molecule has 0 spiro atoms. The van der Waals surface area contributed by atoms with Crippen LogP contribution in [0.5, 0.6) is 0 Å². The Morgan fingerprint density at radius 2 is 1.83 bits per heavy atom. The first kappa shape index (κ1) is 14.7. The zero-order valence-electron chi connectivity index (χ0n) is 10.6. The quantitative estimate of drug-likeness (QED) is 0.819. The predicted octanol–water partition coefficient (Wildman–Crippen LogP) is 1.31. The lowest BCUT2D eigenvalue weighted by atomic mass is 10.1. The number of carbonyl (C=O) groups excluding carboxylic acids is 1. The monoisotopic (exact) mass is 271 g/mol. The zero-order chi connectivity index (χ0) is 13.8. The maximum atomic E-state index is 11.9. The van der Waals surface area contributed by atoms with E-state index in [1.165, 1.54) is 19.1 Å². The third kappa shape index (κ3) is 4.46. The van der Waals surface area contributed by atoms with Crippen molar-refractivity contribution in [1.82, 2.24) is 4.72 Å². The molecular formula is C12H17NO4S. The average molecular weight is 271 g/mol. The summed E-state index contributed by atoms with van der Waals surface area (Å²) in [4.78, 5) is 11.0. The summed E-state index contributed by atoms with van der Waals surface area (Å²) >= 11 is 0. The topological polar surface area (TPSA) is 72.5 Å². The van der Waals surface area contributed by atoms with E-state index in [-0.39, 0.29) is 11.4 Å². The van der Waals surface area contributed by atoms with Gasteiger partial charge in [0.05, 0.1) is 11.4 Å². The van der Waals surface area contributed by atoms with Crippen molar-refractivity contribution in [3.05, 3.63) is 30.3 Å². The second-order valence-electron chi connectivity index (χ2n) is 4.49. The van der Waals surface area contributed by atoms with E-state index in [2.05, 4.69) is 4.72 Å². The fourth-order valence-corrected chi connectivity index (χ4v) is 2.60. The Morgan fingerprint density at radius 3 is 2.33 bits per heavy atom. The van der Waals surface area contributed by atoms with Gasteiger partial charge in [-0.1, -0.05) is 18.2 Å². The highest BCUT2D eigenvalue weighted by molar-refractivity contribution is 7.89. The number of rotatable bonds is 5. The largest absolute Gasteiger partial charge is 0.458 e. The standard InChI is InChI=1S/C12H17NO4S/c1-10(14)17-12(2,3)9-13-18(15,16)11-7-5-4-6-8-11/h4-8,13H,9H2,1-3H3. The van der Waals surface area contributed by atoms with E-state index in [4.69, 9.17) is 4.74 Å². The van der Waals surface area contributed by atoms with Crippen molar-refractivity contribution in [2.75, 3.05) is 6.54 Å². The number of hydrogen-bond donors (Lipinski definition) is 1. The lowest BCUT2D eigenvalue weighted by Crippen LogP contribution is -2.41. The van der Waals surface area contributed by atoms with Crippen LogP contribution in [0.4, 0.5) is 0 Å². The Hall–Kier alpha value is -1.40. The van der Waals surface area contributed by atoms with E-state index in [1.54, 1.807) is 32.0 Å². The number of nitrogens with one attached hydrogen (secondary N) is 1. The number of benzene rings is 1. The number of esters is 1. The minimum atomic E-state index is -3.57. The van der Waals surface area contributed by atoms with E-state index >= 15 is 0 Å². The maximum absolute atomic E-state index is 11.9. The molecule has 0 heterocycles. The lowest BCUT2D eigenvalue weighted by Gasteiger charge is -2.24. The summed E-state index contributed by atoms with van der Waals surface area (Å²) in [5.41, 5.74) is -0.881. The molecule has 0 saturated heterocycles. The van der Waals surface area contributed by atoms with Crippen LogP contribution in [0.2, 0.25) is 0 Å². The summed E-state index contributed by atoms with van der Waals surface area (Å²) in [6.07, 6.45) is 0. The number of sulfonamides is 1. The molecule has 1 aromatic rings. The smallest absolute Gasteiger partial charge is 0.303 e. The molecule has 0 saturated carbocycles. The molecule has 0 aliphatic rings. The van der Waals surface area contributed by atoms with Crippen LogP contribution in [0.3, 0.4) is 0 Å². The van der Waals surface area contributed by atoms with Crippen LogP contribution in [0.1, 0.15) is 20.8 Å². The summed E-state index contributed by atoms with van der Waals surface area (Å²) in [7, 11) is -3.57. The van der Waals surface area contributed by atoms with Gasteiger partial charge in [-0.05, 0) is 26.0 Å². The van der Waals surface area contributed by atoms with Gasteiger partial charge in [-0.15, -0.1) is 0 Å². The van der Waals surface area contributed by atoms with Crippen molar-refractivity contribution in [1.29, 1.82) is 0 Å². The van der Waals surface area contributed by atoms with Crippen molar-refractivity contribution in [3.63, 3.8) is 0 Å². The van der Waals surface area contributed by atoms with Gasteiger partial charge < -0.3 is 4.74 Å². The van der Waals surface area contributed by atoms with Crippen LogP contribution in [0.25, 0.3) is 0 Å². The van der Waals surface area contributed by atoms with Crippen LogP contribution >= 0.6 is 0 Å². The molecule has 6 heteroatoms. The van der Waals surface area contributed by atoms with Crippen molar-refractivity contribution in [2.24, 2.45) is 0 Å². The van der Waals surface area contributed by atoms with Gasteiger partial charge in [0.1, 0.15) is 5.60 Å². The molecular weight excluding hydrogens is 254 g/mol. The van der Waals surface area contributed by atoms with Gasteiger partial charge in [0.25, 0.3) is 0 Å². The van der Waals surface area contributed by atoms with Crippen LogP contribution in [-0.4, -0.2) is 26.5 Å². The second-order valence-corrected chi connectivity index (χ2v) is 6.26. The van der Waals surface area contributed by atoms with Crippen LogP contribution < -0.4 is 4.72 Å². The summed E-state index contributed by atoms with van der Waals surface area (Å²) in [6.45, 7) is 4.58. The van der Waals surface area contributed by atoms with E-state index in [1.807, 2.05) is 0 Å². The molecule has 0 aliphatic carbocycles. The van der Waals surface area contributed by atoms with E-state index in [0.717, 1.165) is 0 Å². The van der Waals surface area contributed by atoms with Crippen molar-refractivity contribution >= 4 is 16.0 Å². The minimum absolute atomic E-state index is 0.0177. The van der Waals surface area contributed by atoms with E-state index in [9.17, 15) is 13.2 Å². The van der Waals surface area contributed by atoms with Crippen LogP contribution in [0.15, 0.2) is 35.2 Å². The number of carbonyl (C=O) groups is 1. The van der Waals surface area contributed by atoms with Crippen LogP contribution in [-0.2, 0) is 19.6 Å². The fourth-order valence-electron chi connectivity index (χ4n) is 1.38. The first-order valence-corrected chi connectivity index (χ1v) is 6.95. The molecule has 1 aromatic carbocycles. The van der Waals surface area contributed by atoms with Gasteiger partial charge in [0.2, 0.25) is 10.0 Å². The molecule has 1 N–H and O–H groups in total. The summed E-state index contributed by atoms with van der Waals surface area (Å²) < 4.78 is 31.2. The van der Waals surface area contributed by atoms with Gasteiger partial charge >= 0.3 is 5.97 Å². The highest BCUT2D eigenvalue weighted by atomic mass is 32.2. The normalized spacial score (nSPS) is 12.2. The van der Waals surface area contributed by atoms with Crippen molar-refractivity contribution in [2.45, 2.75) is 31.3 Å². The molecule has 0 aliphatic heterocycles. The third-order valence-corrected chi connectivity index (χ3v) is 3.58. The molecule has 0 radical (unpaired) electrons. The second kappa shape index (κ2) is 5.49. The summed E-state index contributed by atoms with van der Waals surface area (Å²) in [6, 6.07) is 8.03. The highest BCUT2D eigenvalue weighted by Crippen LogP contribution is 2.11. The lowest BCUT2D eigenvalue weighted by molar-refractivity contribution is -0.152. The highest BCUT2D eigenvalue weighted by Gasteiger charge is 2.24. The van der Waals surface area contributed by atoms with Gasteiger partial charge in [-0.3, -0.25) is 4.79 Å². The number of hydrogen-bond acceptors (Lipinski definition) is 4. The molecule has 0 amide bonds. The van der Waals surface area contributed by atoms with E-state index < -0.39 is 21.6 Å². The Balaban J connectivity index is 2.71. The minimum Gasteiger partial charge on any atom is -0.458 e. The van der Waals surface area contributed by atoms with Crippen molar-refractivity contribution in [3.8, 4) is 0 Å². The molecule has 5 nitrogen and oxygen atoms in total. The first-order chi connectivity index (χ1) is 8.23. The van der Waals surface area contributed by atoms with Gasteiger partial charge in [0.15, 0.2) is 0 Å². The Kier molecular flexibility index (Phi) is 4.48. The van der Waals surface area contributed by atoms with E-state index in [0.29, 0.717) is 0 Å². The molecule has 1 rings (SSSR count). The molecule has 0 fully saturated rings. The molecule has 0 unspecified atom stereocenters. The average Bonchev–Trinajstić information content (AvgIpc) is 2.26. The molecule has 0 atom stereocenters.